The van der Waals surface area contributed by atoms with Crippen molar-refractivity contribution in [2.45, 2.75) is 12.5 Å². The summed E-state index contributed by atoms with van der Waals surface area (Å²) in [6.07, 6.45) is 4.27. The number of rotatable bonds is 4. The van der Waals surface area contributed by atoms with Gasteiger partial charge >= 0.3 is 0 Å². The van der Waals surface area contributed by atoms with Crippen LogP contribution in [0.2, 0.25) is 5.02 Å². The van der Waals surface area contributed by atoms with Gasteiger partial charge in [0, 0.05) is 27.4 Å². The number of benzene rings is 1. The summed E-state index contributed by atoms with van der Waals surface area (Å²) in [4.78, 5) is 4.01. The van der Waals surface area contributed by atoms with Crippen LogP contribution in [0, 0.1) is 0 Å². The molecule has 1 aromatic carbocycles. The van der Waals surface area contributed by atoms with Gasteiger partial charge in [-0.05, 0) is 42.8 Å². The van der Waals surface area contributed by atoms with Crippen LogP contribution >= 0.6 is 43.5 Å². The van der Waals surface area contributed by atoms with E-state index in [9.17, 15) is 0 Å². The van der Waals surface area contributed by atoms with E-state index < -0.39 is 0 Å². The molecule has 0 amide bonds. The average Bonchev–Trinajstić information content (AvgIpc) is 2.39. The number of hydrogen-bond acceptors (Lipinski definition) is 2. The van der Waals surface area contributed by atoms with Crippen LogP contribution in [0.25, 0.3) is 0 Å². The summed E-state index contributed by atoms with van der Waals surface area (Å²) in [5, 5.41) is 4.03. The maximum absolute atomic E-state index is 6.17. The lowest BCUT2D eigenvalue weighted by atomic mass is 10.00. The lowest BCUT2D eigenvalue weighted by Gasteiger charge is -2.19. The summed E-state index contributed by atoms with van der Waals surface area (Å²) in [6.45, 7) is 0. The highest BCUT2D eigenvalue weighted by Gasteiger charge is 2.15. The van der Waals surface area contributed by atoms with Crippen LogP contribution in [0.3, 0.4) is 0 Å². The SMILES string of the molecule is CNC(Cc1ccncc1Cl)c1ccc(Br)cc1Br. The molecule has 0 saturated carbocycles. The van der Waals surface area contributed by atoms with Crippen molar-refractivity contribution in [2.24, 2.45) is 0 Å². The van der Waals surface area contributed by atoms with Gasteiger partial charge in [-0.25, -0.2) is 0 Å². The van der Waals surface area contributed by atoms with E-state index in [-0.39, 0.29) is 6.04 Å². The van der Waals surface area contributed by atoms with Crippen LogP contribution in [0.15, 0.2) is 45.6 Å². The van der Waals surface area contributed by atoms with Gasteiger partial charge in [-0.3, -0.25) is 4.98 Å². The topological polar surface area (TPSA) is 24.9 Å². The van der Waals surface area contributed by atoms with Crippen molar-refractivity contribution in [3.63, 3.8) is 0 Å². The number of halogens is 3. The monoisotopic (exact) mass is 402 g/mol. The van der Waals surface area contributed by atoms with E-state index in [1.54, 1.807) is 12.4 Å². The molecule has 0 fully saturated rings. The Morgan fingerprint density at radius 1 is 1.32 bits per heavy atom. The molecule has 19 heavy (non-hydrogen) atoms. The molecule has 2 rings (SSSR count). The first-order valence-electron chi connectivity index (χ1n) is 5.82. The summed E-state index contributed by atoms with van der Waals surface area (Å²) in [5.74, 6) is 0. The fourth-order valence-corrected chi connectivity index (χ4v) is 3.46. The van der Waals surface area contributed by atoms with Crippen LogP contribution in [0.1, 0.15) is 17.2 Å². The third kappa shape index (κ3) is 3.78. The molecule has 0 spiro atoms. The van der Waals surface area contributed by atoms with E-state index >= 15 is 0 Å². The largest absolute Gasteiger partial charge is 0.313 e. The third-order valence-corrected chi connectivity index (χ3v) is 4.49. The molecule has 0 aliphatic heterocycles. The standard InChI is InChI=1S/C14H13Br2ClN2/c1-18-14(6-9-4-5-19-8-13(9)17)11-3-2-10(15)7-12(11)16/h2-5,7-8,14,18H,6H2,1H3. The van der Waals surface area contributed by atoms with Crippen LogP contribution in [0.4, 0.5) is 0 Å². The first kappa shape index (κ1) is 15.0. The lowest BCUT2D eigenvalue weighted by Crippen LogP contribution is -2.19. The van der Waals surface area contributed by atoms with Crippen LogP contribution in [-0.2, 0) is 6.42 Å². The molecule has 1 heterocycles. The number of nitrogens with one attached hydrogen (secondary N) is 1. The Labute approximate surface area is 134 Å². The molecule has 0 radical (unpaired) electrons. The van der Waals surface area contributed by atoms with E-state index in [0.717, 1.165) is 20.9 Å². The summed E-state index contributed by atoms with van der Waals surface area (Å²) in [7, 11) is 1.95. The Morgan fingerprint density at radius 2 is 2.11 bits per heavy atom. The highest BCUT2D eigenvalue weighted by Crippen LogP contribution is 2.30. The van der Waals surface area contributed by atoms with E-state index in [1.165, 1.54) is 5.56 Å². The molecule has 1 unspecified atom stereocenters. The maximum atomic E-state index is 6.17. The molecule has 0 aliphatic carbocycles. The Balaban J connectivity index is 2.28. The zero-order valence-electron chi connectivity index (χ0n) is 10.3. The van der Waals surface area contributed by atoms with Crippen LogP contribution in [-0.4, -0.2) is 12.0 Å². The second kappa shape index (κ2) is 6.84. The third-order valence-electron chi connectivity index (χ3n) is 2.97. The molecular formula is C14H13Br2ClN2. The van der Waals surface area contributed by atoms with Crippen molar-refractivity contribution in [2.75, 3.05) is 7.05 Å². The Morgan fingerprint density at radius 3 is 2.74 bits per heavy atom. The fourth-order valence-electron chi connectivity index (χ4n) is 1.94. The van der Waals surface area contributed by atoms with E-state index in [0.29, 0.717) is 5.02 Å². The van der Waals surface area contributed by atoms with Gasteiger partial charge in [-0.1, -0.05) is 49.5 Å². The number of pyridine rings is 1. The average molecular weight is 405 g/mol. The minimum absolute atomic E-state index is 0.197. The van der Waals surface area contributed by atoms with Crippen molar-refractivity contribution < 1.29 is 0 Å². The van der Waals surface area contributed by atoms with Crippen LogP contribution in [0.5, 0.6) is 0 Å². The molecule has 1 N–H and O–H groups in total. The van der Waals surface area contributed by atoms with Gasteiger partial charge in [0.15, 0.2) is 0 Å². The number of hydrogen-bond donors (Lipinski definition) is 1. The highest BCUT2D eigenvalue weighted by molar-refractivity contribution is 9.11. The minimum Gasteiger partial charge on any atom is -0.313 e. The Bertz CT molecular complexity index is 575. The van der Waals surface area contributed by atoms with Gasteiger partial charge in [0.1, 0.15) is 0 Å². The Kier molecular flexibility index (Phi) is 5.39. The molecule has 5 heteroatoms. The summed E-state index contributed by atoms with van der Waals surface area (Å²) in [5.41, 5.74) is 2.30. The van der Waals surface area contributed by atoms with E-state index in [1.807, 2.05) is 25.2 Å². The molecule has 100 valence electrons. The number of nitrogens with zero attached hydrogens (tertiary/aromatic N) is 1. The molecule has 2 aromatic rings. The van der Waals surface area contributed by atoms with Crippen molar-refractivity contribution >= 4 is 43.5 Å². The second-order valence-electron chi connectivity index (χ2n) is 4.18. The Hall–Kier alpha value is -0.420. The highest BCUT2D eigenvalue weighted by atomic mass is 79.9. The van der Waals surface area contributed by atoms with Gasteiger partial charge in [0.2, 0.25) is 0 Å². The van der Waals surface area contributed by atoms with E-state index in [4.69, 9.17) is 11.6 Å². The number of aromatic nitrogens is 1. The van der Waals surface area contributed by atoms with Crippen LogP contribution < -0.4 is 5.32 Å². The molecule has 0 saturated heterocycles. The first-order valence-corrected chi connectivity index (χ1v) is 7.79. The predicted molar refractivity (Wildman–Crippen MR) is 86.6 cm³/mol. The zero-order chi connectivity index (χ0) is 13.8. The van der Waals surface area contributed by atoms with Gasteiger partial charge in [-0.2, -0.15) is 0 Å². The molecule has 1 aromatic heterocycles. The predicted octanol–water partition coefficient (Wildman–Crippen LogP) is 4.76. The first-order chi connectivity index (χ1) is 9.11. The molecule has 2 nitrogen and oxygen atoms in total. The zero-order valence-corrected chi connectivity index (χ0v) is 14.3. The normalized spacial score (nSPS) is 12.4. The lowest BCUT2D eigenvalue weighted by molar-refractivity contribution is 0.589. The summed E-state index contributed by atoms with van der Waals surface area (Å²) < 4.78 is 2.13. The van der Waals surface area contributed by atoms with Gasteiger partial charge < -0.3 is 5.32 Å². The quantitative estimate of drug-likeness (QED) is 0.795. The maximum Gasteiger partial charge on any atom is 0.0622 e. The van der Waals surface area contributed by atoms with Gasteiger partial charge in [-0.15, -0.1) is 0 Å². The summed E-state index contributed by atoms with van der Waals surface area (Å²) >= 11 is 13.2. The summed E-state index contributed by atoms with van der Waals surface area (Å²) in [6, 6.07) is 8.35. The second-order valence-corrected chi connectivity index (χ2v) is 6.36. The minimum atomic E-state index is 0.197. The smallest absolute Gasteiger partial charge is 0.0622 e. The molecule has 0 aliphatic rings. The van der Waals surface area contributed by atoms with Crippen molar-refractivity contribution in [1.82, 2.24) is 10.3 Å². The van der Waals surface area contributed by atoms with Gasteiger partial charge in [0.05, 0.1) is 5.02 Å². The van der Waals surface area contributed by atoms with Crippen molar-refractivity contribution in [3.8, 4) is 0 Å². The molecular weight excluding hydrogens is 391 g/mol. The van der Waals surface area contributed by atoms with Gasteiger partial charge in [0.25, 0.3) is 0 Å². The number of likely N-dealkylation sites (N-methyl/N-ethyl adjacent to an activating group) is 1. The van der Waals surface area contributed by atoms with Crippen molar-refractivity contribution in [1.29, 1.82) is 0 Å². The molecule has 1 atom stereocenters. The van der Waals surface area contributed by atoms with E-state index in [2.05, 4.69) is 48.2 Å². The van der Waals surface area contributed by atoms with Crippen molar-refractivity contribution in [3.05, 3.63) is 61.8 Å². The fraction of sp³-hybridized carbons (Fsp3) is 0.214. The molecule has 0 bridgehead atoms.